The Bertz CT molecular complexity index is 813. The van der Waals surface area contributed by atoms with Crippen molar-refractivity contribution in [1.82, 2.24) is 10.2 Å². The summed E-state index contributed by atoms with van der Waals surface area (Å²) >= 11 is 0. The van der Waals surface area contributed by atoms with Crippen molar-refractivity contribution in [2.75, 3.05) is 10.6 Å². The molecule has 1 aromatic carbocycles. The van der Waals surface area contributed by atoms with Crippen LogP contribution in [0, 0.1) is 12.3 Å². The highest BCUT2D eigenvalue weighted by Gasteiger charge is 2.30. The van der Waals surface area contributed by atoms with Crippen LogP contribution in [0.5, 0.6) is 0 Å². The molecule has 132 valence electrons. The topological polar surface area (TPSA) is 86.9 Å². The molecule has 1 fully saturated rings. The first-order valence-electron chi connectivity index (χ1n) is 8.52. The lowest BCUT2D eigenvalue weighted by Gasteiger charge is -2.19. The van der Waals surface area contributed by atoms with E-state index in [1.165, 1.54) is 0 Å². The van der Waals surface area contributed by atoms with Crippen LogP contribution in [0.4, 0.5) is 11.4 Å². The molecule has 6 nitrogen and oxygen atoms in total. The minimum atomic E-state index is -0.459. The zero-order valence-electron chi connectivity index (χ0n) is 15.1. The molecule has 2 aromatic rings. The molecule has 0 aliphatic heterocycles. The van der Waals surface area contributed by atoms with Gasteiger partial charge >= 0.3 is 0 Å². The quantitative estimate of drug-likeness (QED) is 0.790. The zero-order valence-corrected chi connectivity index (χ0v) is 15.1. The predicted octanol–water partition coefficient (Wildman–Crippen LogP) is 3.83. The van der Waals surface area contributed by atoms with Gasteiger partial charge in [-0.2, -0.15) is 5.10 Å². The number of aromatic nitrogens is 2. The van der Waals surface area contributed by atoms with Crippen molar-refractivity contribution in [1.29, 1.82) is 0 Å². The molecule has 3 N–H and O–H groups in total. The Balaban J connectivity index is 1.71. The van der Waals surface area contributed by atoms with Crippen molar-refractivity contribution in [3.63, 3.8) is 0 Å². The second kappa shape index (κ2) is 6.35. The third-order valence-electron chi connectivity index (χ3n) is 4.31. The van der Waals surface area contributed by atoms with Gasteiger partial charge in [-0.1, -0.05) is 20.8 Å². The van der Waals surface area contributed by atoms with Crippen LogP contribution in [0.2, 0.25) is 0 Å². The maximum absolute atomic E-state index is 12.5. The van der Waals surface area contributed by atoms with Crippen molar-refractivity contribution in [2.24, 2.45) is 5.41 Å². The molecule has 0 bridgehead atoms. The monoisotopic (exact) mass is 340 g/mol. The molecule has 0 saturated heterocycles. The average molecular weight is 340 g/mol. The number of aromatic amines is 1. The summed E-state index contributed by atoms with van der Waals surface area (Å²) in [4.78, 5) is 24.6. The van der Waals surface area contributed by atoms with Crippen molar-refractivity contribution >= 4 is 23.2 Å². The second-order valence-corrected chi connectivity index (χ2v) is 7.66. The number of benzene rings is 1. The van der Waals surface area contributed by atoms with E-state index in [9.17, 15) is 9.59 Å². The Morgan fingerprint density at radius 3 is 2.52 bits per heavy atom. The lowest BCUT2D eigenvalue weighted by Crippen LogP contribution is -2.27. The van der Waals surface area contributed by atoms with Crippen molar-refractivity contribution in [2.45, 2.75) is 46.5 Å². The molecule has 1 aliphatic carbocycles. The Kier molecular flexibility index (Phi) is 4.37. The molecular formula is C19H24N4O2. The molecule has 0 radical (unpaired) electrons. The standard InChI is InChI=1S/C19H24N4O2/c1-11-9-13(7-8-15(11)22-18(25)19(2,3)4)21-17(24)14-10-20-23-16(14)12-5-6-12/h7-10,12H,5-6H2,1-4H3,(H,20,23)(H,21,24)(H,22,25). The number of rotatable bonds is 4. The fourth-order valence-electron chi connectivity index (χ4n) is 2.55. The Labute approximate surface area is 147 Å². The minimum absolute atomic E-state index is 0.0418. The van der Waals surface area contributed by atoms with Gasteiger partial charge in [-0.25, -0.2) is 0 Å². The second-order valence-electron chi connectivity index (χ2n) is 7.66. The summed E-state index contributed by atoms with van der Waals surface area (Å²) in [6.07, 6.45) is 3.78. The van der Waals surface area contributed by atoms with Crippen LogP contribution in [0.3, 0.4) is 0 Å². The van der Waals surface area contributed by atoms with E-state index < -0.39 is 5.41 Å². The highest BCUT2D eigenvalue weighted by molar-refractivity contribution is 6.05. The Morgan fingerprint density at radius 2 is 1.92 bits per heavy atom. The van der Waals surface area contributed by atoms with Crippen molar-refractivity contribution < 1.29 is 9.59 Å². The molecule has 1 saturated carbocycles. The van der Waals surface area contributed by atoms with Gasteiger partial charge in [0.1, 0.15) is 0 Å². The van der Waals surface area contributed by atoms with Gasteiger partial charge < -0.3 is 10.6 Å². The van der Waals surface area contributed by atoms with E-state index in [1.807, 2.05) is 39.8 Å². The van der Waals surface area contributed by atoms with Crippen LogP contribution < -0.4 is 10.6 Å². The summed E-state index contributed by atoms with van der Waals surface area (Å²) < 4.78 is 0. The minimum Gasteiger partial charge on any atom is -0.325 e. The molecule has 25 heavy (non-hydrogen) atoms. The summed E-state index contributed by atoms with van der Waals surface area (Å²) in [5, 5.41) is 12.8. The van der Waals surface area contributed by atoms with Gasteiger partial charge in [-0.3, -0.25) is 14.7 Å². The third-order valence-corrected chi connectivity index (χ3v) is 4.31. The van der Waals surface area contributed by atoms with Gasteiger partial charge in [-0.15, -0.1) is 0 Å². The highest BCUT2D eigenvalue weighted by atomic mass is 16.2. The number of hydrogen-bond donors (Lipinski definition) is 3. The molecule has 6 heteroatoms. The number of carbonyl (C=O) groups excluding carboxylic acids is 2. The molecule has 0 spiro atoms. The molecular weight excluding hydrogens is 316 g/mol. The van der Waals surface area contributed by atoms with Gasteiger partial charge in [0.15, 0.2) is 0 Å². The van der Waals surface area contributed by atoms with Gasteiger partial charge in [0.25, 0.3) is 5.91 Å². The normalized spacial score (nSPS) is 14.2. The number of nitrogens with zero attached hydrogens (tertiary/aromatic N) is 1. The van der Waals surface area contributed by atoms with Crippen LogP contribution in [0.1, 0.15) is 61.1 Å². The van der Waals surface area contributed by atoms with E-state index in [0.717, 1.165) is 29.8 Å². The van der Waals surface area contributed by atoms with Crippen molar-refractivity contribution in [3.05, 3.63) is 41.2 Å². The lowest BCUT2D eigenvalue weighted by molar-refractivity contribution is -0.123. The van der Waals surface area contributed by atoms with Crippen LogP contribution in [-0.2, 0) is 4.79 Å². The number of amides is 2. The summed E-state index contributed by atoms with van der Waals surface area (Å²) in [5.74, 6) is 0.223. The predicted molar refractivity (Wildman–Crippen MR) is 97.8 cm³/mol. The van der Waals surface area contributed by atoms with E-state index in [4.69, 9.17) is 0 Å². The Hall–Kier alpha value is -2.63. The van der Waals surface area contributed by atoms with Crippen LogP contribution in [0.25, 0.3) is 0 Å². The molecule has 1 aromatic heterocycles. The molecule has 0 atom stereocenters. The summed E-state index contributed by atoms with van der Waals surface area (Å²) in [6, 6.07) is 5.46. The van der Waals surface area contributed by atoms with Gasteiger partial charge in [0.2, 0.25) is 5.91 Å². The summed E-state index contributed by atoms with van der Waals surface area (Å²) in [5.41, 5.74) is 3.40. The van der Waals surface area contributed by atoms with E-state index in [0.29, 0.717) is 17.2 Å². The van der Waals surface area contributed by atoms with E-state index in [1.54, 1.807) is 12.3 Å². The van der Waals surface area contributed by atoms with E-state index >= 15 is 0 Å². The first kappa shape index (κ1) is 17.2. The van der Waals surface area contributed by atoms with E-state index in [2.05, 4.69) is 20.8 Å². The maximum Gasteiger partial charge on any atom is 0.259 e. The fourth-order valence-corrected chi connectivity index (χ4v) is 2.55. The zero-order chi connectivity index (χ0) is 18.2. The SMILES string of the molecule is Cc1cc(NC(=O)c2cn[nH]c2C2CC2)ccc1NC(=O)C(C)(C)C. The summed E-state index contributed by atoms with van der Waals surface area (Å²) in [7, 11) is 0. The Morgan fingerprint density at radius 1 is 1.20 bits per heavy atom. The fraction of sp³-hybridized carbons (Fsp3) is 0.421. The van der Waals surface area contributed by atoms with E-state index in [-0.39, 0.29) is 11.8 Å². The number of H-pyrrole nitrogens is 1. The first-order chi connectivity index (χ1) is 11.8. The molecule has 1 aliphatic rings. The largest absolute Gasteiger partial charge is 0.325 e. The lowest BCUT2D eigenvalue weighted by atomic mass is 9.95. The van der Waals surface area contributed by atoms with Crippen LogP contribution in [0.15, 0.2) is 24.4 Å². The summed E-state index contributed by atoms with van der Waals surface area (Å²) in [6.45, 7) is 7.51. The number of anilines is 2. The third kappa shape index (κ3) is 3.90. The number of carbonyl (C=O) groups is 2. The average Bonchev–Trinajstić information content (AvgIpc) is 3.25. The molecule has 0 unspecified atom stereocenters. The smallest absolute Gasteiger partial charge is 0.259 e. The van der Waals surface area contributed by atoms with Crippen molar-refractivity contribution in [3.8, 4) is 0 Å². The maximum atomic E-state index is 12.5. The first-order valence-corrected chi connectivity index (χ1v) is 8.52. The van der Waals surface area contributed by atoms with Gasteiger partial charge in [0, 0.05) is 22.7 Å². The molecule has 3 rings (SSSR count). The van der Waals surface area contributed by atoms with Crippen LogP contribution in [-0.4, -0.2) is 22.0 Å². The number of hydrogen-bond acceptors (Lipinski definition) is 3. The highest BCUT2D eigenvalue weighted by Crippen LogP contribution is 2.40. The van der Waals surface area contributed by atoms with Gasteiger partial charge in [-0.05, 0) is 43.5 Å². The molecule has 2 amide bonds. The molecule has 1 heterocycles. The van der Waals surface area contributed by atoms with Crippen LogP contribution >= 0.6 is 0 Å². The number of aryl methyl sites for hydroxylation is 1. The van der Waals surface area contributed by atoms with Gasteiger partial charge in [0.05, 0.1) is 17.5 Å². The number of nitrogens with one attached hydrogen (secondary N) is 3.